The average molecular weight is 610 g/mol. The number of alkyl halides is 3. The Kier molecular flexibility index (Phi) is 10.6. The molecule has 0 unspecified atom stereocenters. The molecule has 2 heterocycles. The van der Waals surface area contributed by atoms with Crippen LogP contribution in [0.1, 0.15) is 37.6 Å². The number of benzene rings is 1. The normalized spacial score (nSPS) is 12.1. The Labute approximate surface area is 232 Å². The van der Waals surface area contributed by atoms with Crippen LogP contribution in [0.5, 0.6) is 0 Å². The molecule has 0 aliphatic heterocycles. The predicted molar refractivity (Wildman–Crippen MR) is 140 cm³/mol. The molecule has 0 bridgehead atoms. The predicted octanol–water partition coefficient (Wildman–Crippen LogP) is 5.40. The van der Waals surface area contributed by atoms with E-state index in [-0.39, 0.29) is 40.6 Å². The van der Waals surface area contributed by atoms with E-state index >= 15 is 0 Å². The third-order valence-corrected chi connectivity index (χ3v) is 7.40. The quantitative estimate of drug-likeness (QED) is 0.290. The monoisotopic (exact) mass is 609 g/mol. The van der Waals surface area contributed by atoms with Gasteiger partial charge in [0.15, 0.2) is 10.8 Å². The van der Waals surface area contributed by atoms with E-state index in [2.05, 4.69) is 20.0 Å². The summed E-state index contributed by atoms with van der Waals surface area (Å²) in [6.45, 7) is 7.88. The van der Waals surface area contributed by atoms with Gasteiger partial charge in [-0.25, -0.2) is 23.5 Å². The Balaban J connectivity index is 0.000000708. The van der Waals surface area contributed by atoms with E-state index < -0.39 is 33.8 Å². The summed E-state index contributed by atoms with van der Waals surface area (Å²) < 4.78 is 88.4. The molecule has 0 aliphatic carbocycles. The highest BCUT2D eigenvalue weighted by Crippen LogP contribution is 2.25. The maximum absolute atomic E-state index is 14.6. The number of carbonyl (C=O) groups is 1. The average Bonchev–Trinajstić information content (AvgIpc) is 3.33. The Morgan fingerprint density at radius 3 is 2.12 bits per heavy atom. The Bertz CT molecular complexity index is 1430. The lowest BCUT2D eigenvalue weighted by Crippen LogP contribution is -2.38. The van der Waals surface area contributed by atoms with Gasteiger partial charge in [-0.15, -0.1) is 11.3 Å². The van der Waals surface area contributed by atoms with Crippen LogP contribution < -0.4 is 10.0 Å². The lowest BCUT2D eigenvalue weighted by Gasteiger charge is -2.32. The van der Waals surface area contributed by atoms with E-state index in [0.717, 1.165) is 12.1 Å². The van der Waals surface area contributed by atoms with Gasteiger partial charge in [0.1, 0.15) is 11.6 Å². The fourth-order valence-electron chi connectivity index (χ4n) is 2.98. The number of aromatic nitrogens is 2. The molecule has 0 spiro atoms. The number of sulfonamides is 1. The molecule has 2 aromatic heterocycles. The molecule has 0 fully saturated rings. The number of carboxylic acids is 1. The molecule has 0 aliphatic rings. The van der Waals surface area contributed by atoms with Crippen molar-refractivity contribution < 1.29 is 40.3 Å². The number of rotatable bonds is 8. The number of aliphatic carboxylic acids is 1. The third-order valence-electron chi connectivity index (χ3n) is 5.56. The lowest BCUT2D eigenvalue weighted by molar-refractivity contribution is -0.192. The van der Waals surface area contributed by atoms with Crippen molar-refractivity contribution in [1.29, 1.82) is 0 Å². The lowest BCUT2D eigenvalue weighted by atomic mass is 10.0. The molecule has 0 atom stereocenters. The van der Waals surface area contributed by atoms with Crippen LogP contribution >= 0.6 is 11.3 Å². The summed E-state index contributed by atoms with van der Waals surface area (Å²) in [5.41, 5.74) is 2.70. The van der Waals surface area contributed by atoms with Gasteiger partial charge in [0.05, 0.1) is 16.9 Å². The van der Waals surface area contributed by atoms with Crippen molar-refractivity contribution in [1.82, 2.24) is 14.9 Å². The van der Waals surface area contributed by atoms with Crippen molar-refractivity contribution in [2.75, 3.05) is 17.1 Å². The Morgan fingerprint density at radius 1 is 1.07 bits per heavy atom. The zero-order valence-electron chi connectivity index (χ0n) is 22.1. The van der Waals surface area contributed by atoms with Crippen LogP contribution in [0.25, 0.3) is 0 Å². The Hall–Kier alpha value is -3.37. The van der Waals surface area contributed by atoms with Gasteiger partial charge in [0.2, 0.25) is 0 Å². The number of pyridine rings is 1. The fourth-order valence-corrected chi connectivity index (χ4v) is 4.54. The molecule has 3 aromatic rings. The van der Waals surface area contributed by atoms with E-state index in [1.807, 2.05) is 32.7 Å². The van der Waals surface area contributed by atoms with Gasteiger partial charge in [-0.3, -0.25) is 9.62 Å². The number of hydrogen-bond acceptors (Lipinski definition) is 8. The summed E-state index contributed by atoms with van der Waals surface area (Å²) in [4.78, 5) is 18.9. The molecular formula is C24H28F5N5O4S2. The van der Waals surface area contributed by atoms with Crippen LogP contribution in [0, 0.1) is 18.6 Å². The number of halogens is 5. The van der Waals surface area contributed by atoms with E-state index in [1.54, 1.807) is 18.4 Å². The highest BCUT2D eigenvalue weighted by molar-refractivity contribution is 7.92. The van der Waals surface area contributed by atoms with Crippen molar-refractivity contribution in [3.63, 3.8) is 0 Å². The number of hydrogen-bond donors (Lipinski definition) is 3. The minimum Gasteiger partial charge on any atom is -0.475 e. The van der Waals surface area contributed by atoms with Gasteiger partial charge in [0, 0.05) is 35.1 Å². The van der Waals surface area contributed by atoms with Gasteiger partial charge in [-0.2, -0.15) is 21.6 Å². The van der Waals surface area contributed by atoms with E-state index in [4.69, 9.17) is 9.90 Å². The summed E-state index contributed by atoms with van der Waals surface area (Å²) in [6.07, 6.45) is -5.08. The second-order valence-corrected chi connectivity index (χ2v) is 11.8. The SMILES string of the molecule is Cc1nc(S(=O)(=O)Nc2cscn2)ccc1NCc1c(F)ccc(F)c1CN(C)C(C)(C)C.O=C(O)C(F)(F)F. The van der Waals surface area contributed by atoms with Crippen LogP contribution in [0.2, 0.25) is 0 Å². The van der Waals surface area contributed by atoms with Crippen LogP contribution in [-0.2, 0) is 27.9 Å². The van der Waals surface area contributed by atoms with Gasteiger partial charge in [0.25, 0.3) is 10.0 Å². The summed E-state index contributed by atoms with van der Waals surface area (Å²) in [5, 5.41) is 11.6. The zero-order chi connectivity index (χ0) is 30.5. The largest absolute Gasteiger partial charge is 0.490 e. The fraction of sp³-hybridized carbons (Fsp3) is 0.375. The van der Waals surface area contributed by atoms with E-state index in [1.165, 1.54) is 22.9 Å². The van der Waals surface area contributed by atoms with Gasteiger partial charge < -0.3 is 10.4 Å². The second kappa shape index (κ2) is 12.9. The first-order valence-electron chi connectivity index (χ1n) is 11.4. The second-order valence-electron chi connectivity index (χ2n) is 9.43. The Morgan fingerprint density at radius 2 is 1.65 bits per heavy atom. The van der Waals surface area contributed by atoms with E-state index in [9.17, 15) is 30.4 Å². The first-order valence-corrected chi connectivity index (χ1v) is 13.8. The number of carboxylic acid groups (broad SMARTS) is 1. The van der Waals surface area contributed by atoms with Crippen LogP contribution in [-0.4, -0.2) is 53.1 Å². The number of nitrogens with one attached hydrogen (secondary N) is 2. The molecular weight excluding hydrogens is 581 g/mol. The van der Waals surface area contributed by atoms with Gasteiger partial charge >= 0.3 is 12.1 Å². The zero-order valence-corrected chi connectivity index (χ0v) is 23.7. The molecule has 16 heteroatoms. The molecule has 0 amide bonds. The van der Waals surface area contributed by atoms with Gasteiger partial charge in [-0.05, 0) is 59.0 Å². The maximum atomic E-state index is 14.6. The molecule has 0 radical (unpaired) electrons. The summed E-state index contributed by atoms with van der Waals surface area (Å²) in [5.74, 6) is -3.53. The number of nitrogens with zero attached hydrogens (tertiary/aromatic N) is 3. The number of aryl methyl sites for hydroxylation is 1. The standard InChI is InChI=1S/C22H27F2N5O2S2.C2HF3O2/c1-14-19(8-9-21(27-14)33(30,31)28-20-12-32-13-26-20)25-10-15-16(11-29(5)22(2,3)4)18(24)7-6-17(15)23;3-2(4,5)1(6)7/h6-9,12-13,25,28H,10-11H2,1-5H3;(H,6,7). The third kappa shape index (κ3) is 9.09. The molecule has 3 rings (SSSR count). The number of thiazole rings is 1. The molecule has 0 saturated heterocycles. The molecule has 40 heavy (non-hydrogen) atoms. The van der Waals surface area contributed by atoms with Crippen LogP contribution in [0.15, 0.2) is 40.2 Å². The molecule has 1 aromatic carbocycles. The summed E-state index contributed by atoms with van der Waals surface area (Å²) in [7, 11) is -2.04. The van der Waals surface area contributed by atoms with Crippen molar-refractivity contribution >= 4 is 38.8 Å². The highest BCUT2D eigenvalue weighted by atomic mass is 32.2. The van der Waals surface area contributed by atoms with Gasteiger partial charge in [-0.1, -0.05) is 0 Å². The smallest absolute Gasteiger partial charge is 0.475 e. The first-order chi connectivity index (χ1) is 18.3. The highest BCUT2D eigenvalue weighted by Gasteiger charge is 2.38. The van der Waals surface area contributed by atoms with Crippen LogP contribution in [0.3, 0.4) is 0 Å². The van der Waals surface area contributed by atoms with Crippen molar-refractivity contribution in [2.24, 2.45) is 0 Å². The molecule has 220 valence electrons. The molecule has 9 nitrogen and oxygen atoms in total. The minimum absolute atomic E-state index is 0.0165. The van der Waals surface area contributed by atoms with Crippen molar-refractivity contribution in [2.45, 2.75) is 57.5 Å². The summed E-state index contributed by atoms with van der Waals surface area (Å²) in [6, 6.07) is 5.14. The maximum Gasteiger partial charge on any atom is 0.490 e. The van der Waals surface area contributed by atoms with Crippen molar-refractivity contribution in [3.8, 4) is 0 Å². The van der Waals surface area contributed by atoms with Crippen LogP contribution in [0.4, 0.5) is 33.5 Å². The topological polar surface area (TPSA) is 125 Å². The minimum atomic E-state index is -5.08. The number of anilines is 2. The molecule has 0 saturated carbocycles. The van der Waals surface area contributed by atoms with Crippen molar-refractivity contribution in [3.05, 3.63) is 63.6 Å². The first kappa shape index (κ1) is 32.8. The summed E-state index contributed by atoms with van der Waals surface area (Å²) >= 11 is 1.26. The molecule has 3 N–H and O–H groups in total. The van der Waals surface area contributed by atoms with E-state index in [0.29, 0.717) is 11.4 Å².